The number of carboxylic acid groups (broad SMARTS) is 1. The molecule has 1 saturated carbocycles. The number of urea groups is 1. The van der Waals surface area contributed by atoms with E-state index in [1.54, 1.807) is 13.0 Å². The van der Waals surface area contributed by atoms with Gasteiger partial charge in [0.2, 0.25) is 0 Å². The molecule has 0 radical (unpaired) electrons. The third-order valence-corrected chi connectivity index (χ3v) is 2.96. The number of carbonyl (C=O) groups is 3. The smallest absolute Gasteiger partial charge is 0.335 e. The summed E-state index contributed by atoms with van der Waals surface area (Å²) in [6, 6.07) is 4.01. The predicted octanol–water partition coefficient (Wildman–Crippen LogP) is 1.06. The minimum Gasteiger partial charge on any atom is -0.483 e. The van der Waals surface area contributed by atoms with E-state index < -0.39 is 17.9 Å². The van der Waals surface area contributed by atoms with Crippen molar-refractivity contribution in [1.29, 1.82) is 0 Å². The maximum Gasteiger partial charge on any atom is 0.335 e. The molecule has 2 rings (SSSR count). The Morgan fingerprint density at radius 3 is 2.67 bits per heavy atom. The molecule has 0 bridgehead atoms. The van der Waals surface area contributed by atoms with Gasteiger partial charge < -0.3 is 15.2 Å². The fraction of sp³-hybridized carbons (Fsp3) is 0.357. The topological polar surface area (TPSA) is 105 Å². The molecule has 1 aromatic rings. The number of aromatic carboxylic acids is 1. The molecule has 7 nitrogen and oxygen atoms in total. The summed E-state index contributed by atoms with van der Waals surface area (Å²) in [7, 11) is 0. The van der Waals surface area contributed by atoms with Crippen molar-refractivity contribution in [2.24, 2.45) is 0 Å². The summed E-state index contributed by atoms with van der Waals surface area (Å²) in [5.41, 5.74) is 0.776. The summed E-state index contributed by atoms with van der Waals surface area (Å²) < 4.78 is 5.26. The van der Waals surface area contributed by atoms with E-state index in [2.05, 4.69) is 10.6 Å². The lowest BCUT2D eigenvalue weighted by molar-refractivity contribution is -0.122. The molecule has 3 amide bonds. The van der Waals surface area contributed by atoms with Gasteiger partial charge in [0, 0.05) is 6.04 Å². The molecule has 0 unspecified atom stereocenters. The van der Waals surface area contributed by atoms with Gasteiger partial charge in [0.1, 0.15) is 5.75 Å². The van der Waals surface area contributed by atoms with Crippen molar-refractivity contribution in [2.75, 3.05) is 6.61 Å². The molecule has 112 valence electrons. The first-order chi connectivity index (χ1) is 9.95. The average Bonchev–Trinajstić information content (AvgIpc) is 3.21. The Morgan fingerprint density at radius 2 is 2.05 bits per heavy atom. The highest BCUT2D eigenvalue weighted by atomic mass is 16.5. The van der Waals surface area contributed by atoms with Gasteiger partial charge in [-0.3, -0.25) is 10.1 Å². The molecule has 0 heterocycles. The molecule has 3 N–H and O–H groups in total. The fourth-order valence-electron chi connectivity index (χ4n) is 1.64. The van der Waals surface area contributed by atoms with Crippen LogP contribution in [0.1, 0.15) is 28.8 Å². The quantitative estimate of drug-likeness (QED) is 0.752. The first-order valence-electron chi connectivity index (χ1n) is 6.53. The SMILES string of the molecule is Cc1ccc(C(=O)O)cc1OCC(=O)NC(=O)NC1CC1. The molecule has 21 heavy (non-hydrogen) atoms. The molecular formula is C14H16N2O5. The zero-order chi connectivity index (χ0) is 15.4. The van der Waals surface area contributed by atoms with Crippen molar-refractivity contribution >= 4 is 17.9 Å². The van der Waals surface area contributed by atoms with Crippen molar-refractivity contribution in [3.8, 4) is 5.75 Å². The number of imide groups is 1. The minimum absolute atomic E-state index is 0.0717. The van der Waals surface area contributed by atoms with E-state index in [0.29, 0.717) is 11.3 Å². The summed E-state index contributed by atoms with van der Waals surface area (Å²) >= 11 is 0. The molecule has 0 spiro atoms. The lowest BCUT2D eigenvalue weighted by atomic mass is 10.1. The van der Waals surface area contributed by atoms with Crippen LogP contribution in [0.5, 0.6) is 5.75 Å². The fourth-order valence-corrected chi connectivity index (χ4v) is 1.64. The van der Waals surface area contributed by atoms with Gasteiger partial charge in [-0.2, -0.15) is 0 Å². The summed E-state index contributed by atoms with van der Waals surface area (Å²) in [5, 5.41) is 13.7. The van der Waals surface area contributed by atoms with Crippen LogP contribution in [0.3, 0.4) is 0 Å². The molecule has 0 aromatic heterocycles. The predicted molar refractivity (Wildman–Crippen MR) is 73.3 cm³/mol. The maximum absolute atomic E-state index is 11.5. The number of benzene rings is 1. The second-order valence-corrected chi connectivity index (χ2v) is 4.87. The summed E-state index contributed by atoms with van der Waals surface area (Å²) in [5.74, 6) is -1.37. The van der Waals surface area contributed by atoms with Crippen molar-refractivity contribution in [1.82, 2.24) is 10.6 Å². The third kappa shape index (κ3) is 4.48. The number of aryl methyl sites for hydroxylation is 1. The van der Waals surface area contributed by atoms with Crippen LogP contribution in [0, 0.1) is 6.92 Å². The molecule has 0 aliphatic heterocycles. The van der Waals surface area contributed by atoms with Crippen LogP contribution in [-0.2, 0) is 4.79 Å². The zero-order valence-electron chi connectivity index (χ0n) is 11.5. The van der Waals surface area contributed by atoms with Crippen molar-refractivity contribution in [2.45, 2.75) is 25.8 Å². The Morgan fingerprint density at radius 1 is 1.33 bits per heavy atom. The van der Waals surface area contributed by atoms with Crippen molar-refractivity contribution in [3.63, 3.8) is 0 Å². The normalized spacial score (nSPS) is 13.4. The van der Waals surface area contributed by atoms with E-state index in [-0.39, 0.29) is 18.2 Å². The van der Waals surface area contributed by atoms with Gasteiger partial charge in [-0.05, 0) is 37.5 Å². The van der Waals surface area contributed by atoms with Gasteiger partial charge in [-0.1, -0.05) is 6.07 Å². The molecule has 1 aliphatic rings. The highest BCUT2D eigenvalue weighted by Crippen LogP contribution is 2.20. The zero-order valence-corrected chi connectivity index (χ0v) is 11.5. The molecule has 1 aliphatic carbocycles. The second-order valence-electron chi connectivity index (χ2n) is 4.87. The molecule has 1 aromatic carbocycles. The van der Waals surface area contributed by atoms with Crippen LogP contribution in [0.25, 0.3) is 0 Å². The van der Waals surface area contributed by atoms with Crippen LogP contribution in [-0.4, -0.2) is 35.7 Å². The van der Waals surface area contributed by atoms with Crippen LogP contribution in [0.4, 0.5) is 4.79 Å². The van der Waals surface area contributed by atoms with Gasteiger partial charge in [0.05, 0.1) is 5.56 Å². The Balaban J connectivity index is 1.86. The summed E-state index contributed by atoms with van der Waals surface area (Å²) in [6.45, 7) is 1.38. The number of carbonyl (C=O) groups excluding carboxylic acids is 2. The van der Waals surface area contributed by atoms with Crippen LogP contribution < -0.4 is 15.4 Å². The maximum atomic E-state index is 11.5. The standard InChI is InChI=1S/C14H16N2O5/c1-8-2-3-9(13(18)19)6-11(8)21-7-12(17)16-14(20)15-10-4-5-10/h2-3,6,10H,4-5,7H2,1H3,(H,18,19)(H2,15,16,17,20). The monoisotopic (exact) mass is 292 g/mol. The number of hydrogen-bond donors (Lipinski definition) is 3. The van der Waals surface area contributed by atoms with Gasteiger partial charge in [0.15, 0.2) is 6.61 Å². The number of nitrogens with one attached hydrogen (secondary N) is 2. The first kappa shape index (κ1) is 14.8. The van der Waals surface area contributed by atoms with Gasteiger partial charge in [0.25, 0.3) is 5.91 Å². The highest BCUT2D eigenvalue weighted by Gasteiger charge is 2.23. The van der Waals surface area contributed by atoms with E-state index in [1.807, 2.05) is 0 Å². The van der Waals surface area contributed by atoms with E-state index >= 15 is 0 Å². The Labute approximate surface area is 121 Å². The second kappa shape index (κ2) is 6.25. The lowest BCUT2D eigenvalue weighted by Gasteiger charge is -2.10. The lowest BCUT2D eigenvalue weighted by Crippen LogP contribution is -2.42. The number of rotatable bonds is 5. The van der Waals surface area contributed by atoms with Crippen LogP contribution in [0.2, 0.25) is 0 Å². The van der Waals surface area contributed by atoms with Crippen molar-refractivity contribution in [3.05, 3.63) is 29.3 Å². The molecular weight excluding hydrogens is 276 g/mol. The number of hydrogen-bond acceptors (Lipinski definition) is 4. The Bertz CT molecular complexity index is 581. The van der Waals surface area contributed by atoms with Gasteiger partial charge in [-0.15, -0.1) is 0 Å². The molecule has 0 atom stereocenters. The molecule has 0 saturated heterocycles. The minimum atomic E-state index is -1.08. The van der Waals surface area contributed by atoms with E-state index in [4.69, 9.17) is 9.84 Å². The summed E-state index contributed by atoms with van der Waals surface area (Å²) in [6.07, 6.45) is 1.86. The molecule has 7 heteroatoms. The van der Waals surface area contributed by atoms with E-state index in [1.165, 1.54) is 12.1 Å². The van der Waals surface area contributed by atoms with E-state index in [0.717, 1.165) is 12.8 Å². The number of amides is 3. The van der Waals surface area contributed by atoms with Crippen molar-refractivity contribution < 1.29 is 24.2 Å². The number of ether oxygens (including phenoxy) is 1. The largest absolute Gasteiger partial charge is 0.483 e. The number of carboxylic acids is 1. The van der Waals surface area contributed by atoms with Gasteiger partial charge in [-0.25, -0.2) is 9.59 Å². The van der Waals surface area contributed by atoms with Crippen LogP contribution in [0.15, 0.2) is 18.2 Å². The highest BCUT2D eigenvalue weighted by molar-refractivity contribution is 5.95. The Kier molecular flexibility index (Phi) is 4.42. The average molecular weight is 292 g/mol. The van der Waals surface area contributed by atoms with E-state index in [9.17, 15) is 14.4 Å². The first-order valence-corrected chi connectivity index (χ1v) is 6.53. The molecule has 1 fully saturated rings. The van der Waals surface area contributed by atoms with Crippen LogP contribution >= 0.6 is 0 Å². The van der Waals surface area contributed by atoms with Gasteiger partial charge >= 0.3 is 12.0 Å². The third-order valence-electron chi connectivity index (χ3n) is 2.96. The summed E-state index contributed by atoms with van der Waals surface area (Å²) in [4.78, 5) is 33.8. The Hall–Kier alpha value is -2.57.